The largest absolute Gasteiger partial charge is 0.395 e. The molecule has 1 unspecified atom stereocenters. The average molecular weight is 315 g/mol. The lowest BCUT2D eigenvalue weighted by atomic mass is 9.74. The second-order valence-electron chi connectivity index (χ2n) is 6.42. The van der Waals surface area contributed by atoms with Gasteiger partial charge in [0.1, 0.15) is 5.82 Å². The number of aryl methyl sites for hydroxylation is 1. The van der Waals surface area contributed by atoms with E-state index in [0.29, 0.717) is 17.9 Å². The van der Waals surface area contributed by atoms with Crippen molar-refractivity contribution in [3.05, 3.63) is 35.1 Å². The van der Waals surface area contributed by atoms with Crippen LogP contribution in [0.3, 0.4) is 0 Å². The van der Waals surface area contributed by atoms with Crippen LogP contribution >= 0.6 is 11.3 Å². The van der Waals surface area contributed by atoms with Crippen molar-refractivity contribution in [2.45, 2.75) is 31.7 Å². The molecule has 2 aromatic heterocycles. The van der Waals surface area contributed by atoms with Gasteiger partial charge in [-0.15, -0.1) is 11.3 Å². The van der Waals surface area contributed by atoms with Gasteiger partial charge >= 0.3 is 0 Å². The Kier molecular flexibility index (Phi) is 3.72. The first-order valence-corrected chi connectivity index (χ1v) is 8.87. The topological polar surface area (TPSA) is 49.2 Å². The molecule has 0 saturated carbocycles. The Labute approximate surface area is 134 Å². The molecule has 3 saturated heterocycles. The van der Waals surface area contributed by atoms with Crippen molar-refractivity contribution in [1.82, 2.24) is 14.9 Å². The highest BCUT2D eigenvalue weighted by molar-refractivity contribution is 7.13. The van der Waals surface area contributed by atoms with Crippen molar-refractivity contribution in [3.8, 4) is 10.6 Å². The monoisotopic (exact) mass is 315 g/mol. The minimum absolute atomic E-state index is 0.284. The summed E-state index contributed by atoms with van der Waals surface area (Å²) in [5.41, 5.74) is 2.23. The van der Waals surface area contributed by atoms with Gasteiger partial charge in [-0.25, -0.2) is 9.97 Å². The lowest BCUT2D eigenvalue weighted by Crippen LogP contribution is -2.53. The highest BCUT2D eigenvalue weighted by atomic mass is 32.1. The lowest BCUT2D eigenvalue weighted by Gasteiger charge is -2.49. The predicted molar refractivity (Wildman–Crippen MR) is 88.0 cm³/mol. The van der Waals surface area contributed by atoms with E-state index in [1.54, 1.807) is 11.3 Å². The molecule has 0 spiro atoms. The van der Waals surface area contributed by atoms with Crippen LogP contribution in [0.25, 0.3) is 10.6 Å². The maximum absolute atomic E-state index is 9.52. The zero-order chi connectivity index (χ0) is 15.1. The molecule has 5 rings (SSSR count). The summed E-state index contributed by atoms with van der Waals surface area (Å²) in [6.45, 7) is 4.41. The fourth-order valence-corrected chi connectivity index (χ4v) is 4.68. The lowest BCUT2D eigenvalue weighted by molar-refractivity contribution is 0.00182. The quantitative estimate of drug-likeness (QED) is 0.946. The first-order valence-electron chi connectivity index (χ1n) is 7.99. The van der Waals surface area contributed by atoms with Gasteiger partial charge in [0.25, 0.3) is 0 Å². The molecule has 3 fully saturated rings. The normalized spacial score (nSPS) is 30.6. The Bertz CT molecular complexity index is 658. The highest BCUT2D eigenvalue weighted by Crippen LogP contribution is 2.41. The summed E-state index contributed by atoms with van der Waals surface area (Å²) >= 11 is 1.73. The maximum atomic E-state index is 9.52. The van der Waals surface area contributed by atoms with E-state index in [4.69, 9.17) is 4.98 Å². The number of piperidine rings is 3. The Morgan fingerprint density at radius 2 is 2.32 bits per heavy atom. The number of thiophene rings is 1. The number of nitrogens with zero attached hydrogens (tertiary/aromatic N) is 3. The van der Waals surface area contributed by atoms with Crippen LogP contribution in [0.2, 0.25) is 0 Å². The van der Waals surface area contributed by atoms with Crippen LogP contribution in [0.1, 0.15) is 30.3 Å². The summed E-state index contributed by atoms with van der Waals surface area (Å²) in [5.74, 6) is 1.99. The number of hydrogen-bond donors (Lipinski definition) is 1. The molecule has 3 aliphatic heterocycles. The second kappa shape index (κ2) is 5.72. The van der Waals surface area contributed by atoms with E-state index in [1.165, 1.54) is 17.0 Å². The standard InChI is InChI=1S/C17H21N3OS/c1-11-18-15(8-16(19-11)17-3-2-6-22-17)14-9-20-5-4-12(14)7-13(20)10-21/h2-3,6,8,12-14,21H,4-5,7,9-10H2,1H3/t12-,13+,14-/m0/s1. The Hall–Kier alpha value is -1.30. The van der Waals surface area contributed by atoms with Crippen LogP contribution in [-0.2, 0) is 0 Å². The summed E-state index contributed by atoms with van der Waals surface area (Å²) in [6.07, 6.45) is 2.32. The van der Waals surface area contributed by atoms with E-state index in [1.807, 2.05) is 6.92 Å². The van der Waals surface area contributed by atoms with Gasteiger partial charge in [-0.05, 0) is 49.7 Å². The minimum atomic E-state index is 0.284. The van der Waals surface area contributed by atoms with Gasteiger partial charge < -0.3 is 5.11 Å². The molecule has 22 heavy (non-hydrogen) atoms. The summed E-state index contributed by atoms with van der Waals surface area (Å²) in [5, 5.41) is 11.6. The Morgan fingerprint density at radius 3 is 3.00 bits per heavy atom. The van der Waals surface area contributed by atoms with Crippen molar-refractivity contribution < 1.29 is 5.11 Å². The van der Waals surface area contributed by atoms with Crippen LogP contribution in [0.5, 0.6) is 0 Å². The predicted octanol–water partition coefficient (Wildman–Crippen LogP) is 2.68. The maximum Gasteiger partial charge on any atom is 0.126 e. The van der Waals surface area contributed by atoms with Gasteiger partial charge in [0, 0.05) is 24.2 Å². The fraction of sp³-hybridized carbons (Fsp3) is 0.529. The van der Waals surface area contributed by atoms with Crippen molar-refractivity contribution >= 4 is 11.3 Å². The molecule has 2 aromatic rings. The van der Waals surface area contributed by atoms with Gasteiger partial charge in [0.05, 0.1) is 17.2 Å². The van der Waals surface area contributed by atoms with Gasteiger partial charge in [0.2, 0.25) is 0 Å². The molecular weight excluding hydrogens is 294 g/mol. The zero-order valence-corrected chi connectivity index (χ0v) is 13.6. The first kappa shape index (κ1) is 14.3. The fourth-order valence-electron chi connectivity index (χ4n) is 3.99. The van der Waals surface area contributed by atoms with Crippen molar-refractivity contribution in [2.75, 3.05) is 19.7 Å². The van der Waals surface area contributed by atoms with E-state index in [2.05, 4.69) is 33.5 Å². The first-order chi connectivity index (χ1) is 10.7. The summed E-state index contributed by atoms with van der Waals surface area (Å²) in [4.78, 5) is 13.0. The molecule has 0 radical (unpaired) electrons. The molecule has 4 nitrogen and oxygen atoms in total. The van der Waals surface area contributed by atoms with Gasteiger partial charge in [-0.1, -0.05) is 6.07 Å². The SMILES string of the molecule is Cc1nc(-c2cccs2)cc([C@H]2CN3CC[C@H]2C[C@@H]3CO)n1. The molecule has 0 amide bonds. The van der Waals surface area contributed by atoms with E-state index in [-0.39, 0.29) is 6.61 Å². The second-order valence-corrected chi connectivity index (χ2v) is 7.37. The molecule has 5 heteroatoms. The number of aliphatic hydroxyl groups is 1. The van der Waals surface area contributed by atoms with Crippen LogP contribution in [0.4, 0.5) is 0 Å². The number of aliphatic hydroxyl groups excluding tert-OH is 1. The molecule has 5 heterocycles. The van der Waals surface area contributed by atoms with Gasteiger partial charge in [-0.2, -0.15) is 0 Å². The van der Waals surface area contributed by atoms with Gasteiger partial charge in [0.15, 0.2) is 0 Å². The van der Waals surface area contributed by atoms with Crippen molar-refractivity contribution in [2.24, 2.45) is 5.92 Å². The molecular formula is C17H21N3OS. The van der Waals surface area contributed by atoms with E-state index >= 15 is 0 Å². The number of fused-ring (bicyclic) bond motifs is 3. The van der Waals surface area contributed by atoms with Crippen LogP contribution in [0.15, 0.2) is 23.6 Å². The number of aromatic nitrogens is 2. The van der Waals surface area contributed by atoms with Crippen molar-refractivity contribution in [3.63, 3.8) is 0 Å². The Morgan fingerprint density at radius 1 is 1.41 bits per heavy atom. The summed E-state index contributed by atoms with van der Waals surface area (Å²) < 4.78 is 0. The molecule has 0 aliphatic carbocycles. The smallest absolute Gasteiger partial charge is 0.126 e. The van der Waals surface area contributed by atoms with Gasteiger partial charge in [-0.3, -0.25) is 4.90 Å². The van der Waals surface area contributed by atoms with E-state index < -0.39 is 0 Å². The van der Waals surface area contributed by atoms with E-state index in [0.717, 1.165) is 31.0 Å². The third kappa shape index (κ3) is 2.47. The average Bonchev–Trinajstić information content (AvgIpc) is 3.09. The van der Waals surface area contributed by atoms with Crippen molar-refractivity contribution in [1.29, 1.82) is 0 Å². The third-order valence-corrected chi connectivity index (χ3v) is 5.99. The molecule has 2 bridgehead atoms. The Balaban J connectivity index is 1.66. The zero-order valence-electron chi connectivity index (χ0n) is 12.8. The van der Waals surface area contributed by atoms with Crippen LogP contribution < -0.4 is 0 Å². The molecule has 0 aromatic carbocycles. The molecule has 1 N–H and O–H groups in total. The number of hydrogen-bond acceptors (Lipinski definition) is 5. The van der Waals surface area contributed by atoms with E-state index in [9.17, 15) is 5.11 Å². The molecule has 3 aliphatic rings. The number of rotatable bonds is 3. The minimum Gasteiger partial charge on any atom is -0.395 e. The molecule has 4 atom stereocenters. The molecule has 116 valence electrons. The summed E-state index contributed by atoms with van der Waals surface area (Å²) in [6, 6.07) is 6.72. The van der Waals surface area contributed by atoms with Crippen LogP contribution in [-0.4, -0.2) is 45.7 Å². The third-order valence-electron chi connectivity index (χ3n) is 5.10. The van der Waals surface area contributed by atoms with Crippen LogP contribution in [0, 0.1) is 12.8 Å². The summed E-state index contributed by atoms with van der Waals surface area (Å²) in [7, 11) is 0. The highest BCUT2D eigenvalue weighted by Gasteiger charge is 2.41.